The van der Waals surface area contributed by atoms with Gasteiger partial charge in [-0.2, -0.15) is 5.10 Å². The van der Waals surface area contributed by atoms with E-state index in [0.29, 0.717) is 6.54 Å². The Morgan fingerprint density at radius 2 is 2.43 bits per heavy atom. The quantitative estimate of drug-likeness (QED) is 0.673. The first kappa shape index (κ1) is 12.9. The summed E-state index contributed by atoms with van der Waals surface area (Å²) in [5.74, 6) is -0.166. The van der Waals surface area contributed by atoms with Crippen LogP contribution in [0, 0.1) is 6.92 Å². The van der Waals surface area contributed by atoms with E-state index >= 15 is 0 Å². The molecule has 0 saturated carbocycles. The number of carbonyl (C=O) groups excluding carboxylic acids is 1. The van der Waals surface area contributed by atoms with Crippen molar-refractivity contribution in [3.05, 3.63) is 17.5 Å². The number of nitrogens with zero attached hydrogens (tertiary/aromatic N) is 1. The third-order valence-corrected chi connectivity index (χ3v) is 1.62. The summed E-state index contributed by atoms with van der Waals surface area (Å²) < 4.78 is 0. The molecule has 0 spiro atoms. The zero-order valence-electron chi connectivity index (χ0n) is 8.20. The minimum Gasteiger partial charge on any atom is -0.349 e. The van der Waals surface area contributed by atoms with Crippen molar-refractivity contribution in [3.63, 3.8) is 0 Å². The smallest absolute Gasteiger partial charge is 0.236 e. The Balaban J connectivity index is 0.00000169. The Kier molecular flexibility index (Phi) is 5.19. The maximum absolute atomic E-state index is 11.0. The van der Waals surface area contributed by atoms with E-state index < -0.39 is 6.04 Å². The second-order valence-corrected chi connectivity index (χ2v) is 3.05. The number of hydrogen-bond acceptors (Lipinski definition) is 3. The highest BCUT2D eigenvalue weighted by atomic mass is 35.5. The van der Waals surface area contributed by atoms with E-state index in [4.69, 9.17) is 5.73 Å². The van der Waals surface area contributed by atoms with E-state index in [-0.39, 0.29) is 18.3 Å². The van der Waals surface area contributed by atoms with E-state index in [2.05, 4.69) is 15.5 Å². The molecule has 0 bridgehead atoms. The first-order valence-electron chi connectivity index (χ1n) is 4.14. The molecule has 1 rings (SSSR count). The van der Waals surface area contributed by atoms with E-state index in [1.54, 1.807) is 6.92 Å². The van der Waals surface area contributed by atoms with Gasteiger partial charge in [0.15, 0.2) is 0 Å². The lowest BCUT2D eigenvalue weighted by Crippen LogP contribution is -2.37. The van der Waals surface area contributed by atoms with Crippen molar-refractivity contribution in [2.45, 2.75) is 26.4 Å². The second-order valence-electron chi connectivity index (χ2n) is 3.05. The predicted octanol–water partition coefficient (Wildman–Crippen LogP) is 0.103. The number of nitrogens with two attached hydrogens (primary N) is 1. The standard InChI is InChI=1S/C8H14N4O.ClH/c1-5-3-7(12-11-5)4-10-8(13)6(2)9;/h3,6H,4,9H2,1-2H3,(H,10,13)(H,11,12);1H/t6-;/m0./s1. The van der Waals surface area contributed by atoms with Crippen molar-refractivity contribution >= 4 is 18.3 Å². The van der Waals surface area contributed by atoms with Crippen LogP contribution in [-0.4, -0.2) is 22.1 Å². The number of aromatic nitrogens is 2. The minimum atomic E-state index is -0.472. The molecule has 1 aromatic heterocycles. The lowest BCUT2D eigenvalue weighted by atomic mass is 10.3. The monoisotopic (exact) mass is 218 g/mol. The molecular formula is C8H15ClN4O. The van der Waals surface area contributed by atoms with E-state index in [0.717, 1.165) is 11.4 Å². The zero-order valence-corrected chi connectivity index (χ0v) is 9.02. The van der Waals surface area contributed by atoms with Crippen molar-refractivity contribution < 1.29 is 4.79 Å². The molecule has 6 heteroatoms. The lowest BCUT2D eigenvalue weighted by molar-refractivity contribution is -0.122. The van der Waals surface area contributed by atoms with Crippen LogP contribution in [0.3, 0.4) is 0 Å². The van der Waals surface area contributed by atoms with Gasteiger partial charge in [0.05, 0.1) is 18.3 Å². The van der Waals surface area contributed by atoms with Crippen LogP contribution in [0.15, 0.2) is 6.07 Å². The van der Waals surface area contributed by atoms with Gasteiger partial charge in [0.1, 0.15) is 0 Å². The number of carbonyl (C=O) groups is 1. The van der Waals surface area contributed by atoms with Gasteiger partial charge in [-0.05, 0) is 19.9 Å². The topological polar surface area (TPSA) is 83.8 Å². The number of rotatable bonds is 3. The van der Waals surface area contributed by atoms with E-state index in [1.807, 2.05) is 13.0 Å². The van der Waals surface area contributed by atoms with E-state index in [9.17, 15) is 4.79 Å². The fourth-order valence-corrected chi connectivity index (χ4v) is 0.904. The Morgan fingerprint density at radius 1 is 1.79 bits per heavy atom. The first-order chi connectivity index (χ1) is 6.09. The Morgan fingerprint density at radius 3 is 2.86 bits per heavy atom. The third-order valence-electron chi connectivity index (χ3n) is 1.62. The van der Waals surface area contributed by atoms with Crippen LogP contribution >= 0.6 is 12.4 Å². The molecule has 0 radical (unpaired) electrons. The molecule has 1 amide bonds. The largest absolute Gasteiger partial charge is 0.349 e. The van der Waals surface area contributed by atoms with Crippen LogP contribution in [0.1, 0.15) is 18.3 Å². The average molecular weight is 219 g/mol. The van der Waals surface area contributed by atoms with Gasteiger partial charge >= 0.3 is 0 Å². The summed E-state index contributed by atoms with van der Waals surface area (Å²) >= 11 is 0. The molecule has 4 N–H and O–H groups in total. The number of aromatic amines is 1. The molecule has 0 unspecified atom stereocenters. The van der Waals surface area contributed by atoms with Gasteiger partial charge in [-0.1, -0.05) is 0 Å². The van der Waals surface area contributed by atoms with Gasteiger partial charge in [-0.15, -0.1) is 12.4 Å². The van der Waals surface area contributed by atoms with Crippen LogP contribution in [0.4, 0.5) is 0 Å². The molecule has 0 aliphatic rings. The highest BCUT2D eigenvalue weighted by Gasteiger charge is 2.06. The number of aryl methyl sites for hydroxylation is 1. The predicted molar refractivity (Wildman–Crippen MR) is 56.1 cm³/mol. The summed E-state index contributed by atoms with van der Waals surface area (Å²) in [6, 6.07) is 1.40. The van der Waals surface area contributed by atoms with Crippen molar-refractivity contribution in [2.24, 2.45) is 5.73 Å². The number of amides is 1. The van der Waals surface area contributed by atoms with Crippen LogP contribution in [0.25, 0.3) is 0 Å². The summed E-state index contributed by atoms with van der Waals surface area (Å²) in [5.41, 5.74) is 7.15. The van der Waals surface area contributed by atoms with E-state index in [1.165, 1.54) is 0 Å². The van der Waals surface area contributed by atoms with Gasteiger partial charge in [0, 0.05) is 5.69 Å². The van der Waals surface area contributed by atoms with Crippen molar-refractivity contribution in [3.8, 4) is 0 Å². The van der Waals surface area contributed by atoms with Gasteiger partial charge in [-0.3, -0.25) is 9.89 Å². The molecule has 80 valence electrons. The SMILES string of the molecule is Cc1cc(CNC(=O)[C@H](C)N)n[nH]1.Cl. The maximum atomic E-state index is 11.0. The molecular weight excluding hydrogens is 204 g/mol. The highest BCUT2D eigenvalue weighted by molar-refractivity contribution is 5.85. The number of hydrogen-bond donors (Lipinski definition) is 3. The third kappa shape index (κ3) is 3.76. The molecule has 5 nitrogen and oxygen atoms in total. The number of halogens is 1. The van der Waals surface area contributed by atoms with Crippen molar-refractivity contribution in [1.82, 2.24) is 15.5 Å². The second kappa shape index (κ2) is 5.62. The molecule has 0 fully saturated rings. The van der Waals surface area contributed by atoms with Gasteiger partial charge in [-0.25, -0.2) is 0 Å². The number of H-pyrrole nitrogens is 1. The highest BCUT2D eigenvalue weighted by Crippen LogP contribution is 1.96. The summed E-state index contributed by atoms with van der Waals surface area (Å²) in [7, 11) is 0. The minimum absolute atomic E-state index is 0. The van der Waals surface area contributed by atoms with Gasteiger partial charge in [0.25, 0.3) is 0 Å². The molecule has 0 aliphatic heterocycles. The normalized spacial score (nSPS) is 11.6. The van der Waals surface area contributed by atoms with Crippen LogP contribution in [0.2, 0.25) is 0 Å². The van der Waals surface area contributed by atoms with Gasteiger partial charge < -0.3 is 11.1 Å². The molecule has 0 aliphatic carbocycles. The zero-order chi connectivity index (χ0) is 9.84. The molecule has 0 saturated heterocycles. The summed E-state index contributed by atoms with van der Waals surface area (Å²) in [5, 5.41) is 9.42. The molecule has 1 aromatic rings. The summed E-state index contributed by atoms with van der Waals surface area (Å²) in [4.78, 5) is 11.0. The summed E-state index contributed by atoms with van der Waals surface area (Å²) in [6.45, 7) is 3.97. The molecule has 1 atom stereocenters. The first-order valence-corrected chi connectivity index (χ1v) is 4.14. The van der Waals surface area contributed by atoms with Crippen molar-refractivity contribution in [1.29, 1.82) is 0 Å². The maximum Gasteiger partial charge on any atom is 0.236 e. The van der Waals surface area contributed by atoms with Crippen molar-refractivity contribution in [2.75, 3.05) is 0 Å². The van der Waals surface area contributed by atoms with Crippen LogP contribution in [-0.2, 0) is 11.3 Å². The van der Waals surface area contributed by atoms with Crippen LogP contribution in [0.5, 0.6) is 0 Å². The lowest BCUT2D eigenvalue weighted by Gasteiger charge is -2.04. The number of nitrogens with one attached hydrogen (secondary N) is 2. The van der Waals surface area contributed by atoms with Gasteiger partial charge in [0.2, 0.25) is 5.91 Å². The molecule has 0 aromatic carbocycles. The Bertz CT molecular complexity index is 297. The fraction of sp³-hybridized carbons (Fsp3) is 0.500. The average Bonchev–Trinajstić information content (AvgIpc) is 2.47. The fourth-order valence-electron chi connectivity index (χ4n) is 0.904. The molecule has 14 heavy (non-hydrogen) atoms. The Hall–Kier alpha value is -1.07. The summed E-state index contributed by atoms with van der Waals surface area (Å²) in [6.07, 6.45) is 0. The molecule has 1 heterocycles. The Labute approximate surface area is 88.9 Å². The van der Waals surface area contributed by atoms with Crippen LogP contribution < -0.4 is 11.1 Å².